The molecule has 0 saturated heterocycles. The van der Waals surface area contributed by atoms with Crippen LogP contribution in [0.1, 0.15) is 33.1 Å². The Morgan fingerprint density at radius 2 is 2.00 bits per heavy atom. The first-order valence-electron chi connectivity index (χ1n) is 5.62. The van der Waals surface area contributed by atoms with Gasteiger partial charge in [0, 0.05) is 11.8 Å². The molecule has 1 unspecified atom stereocenters. The van der Waals surface area contributed by atoms with E-state index in [4.69, 9.17) is 0 Å². The largest absolute Gasteiger partial charge is 0.297 e. The van der Waals surface area contributed by atoms with E-state index in [-0.39, 0.29) is 0 Å². The molecule has 0 N–H and O–H groups in total. The second kappa shape index (κ2) is 7.52. The Morgan fingerprint density at radius 3 is 2.50 bits per heavy atom. The van der Waals surface area contributed by atoms with Crippen molar-refractivity contribution in [1.29, 1.82) is 0 Å². The molecular formula is C11H25NSSi. The topological polar surface area (TPSA) is 12.4 Å². The SMILES string of the molecule is CCCC/N=C\CC(C)S[Si](C)(C)C. The number of hydrogen-bond acceptors (Lipinski definition) is 2. The molecule has 0 fully saturated rings. The summed E-state index contributed by atoms with van der Waals surface area (Å²) in [5, 5.41) is 0.743. The minimum atomic E-state index is -0.941. The van der Waals surface area contributed by atoms with Gasteiger partial charge in [-0.1, -0.05) is 39.9 Å². The molecule has 0 aromatic carbocycles. The Labute approximate surface area is 94.4 Å². The molecule has 0 aromatic heterocycles. The summed E-state index contributed by atoms with van der Waals surface area (Å²) in [7, 11) is -0.941. The third-order valence-electron chi connectivity index (χ3n) is 1.76. The maximum atomic E-state index is 4.41. The van der Waals surface area contributed by atoms with Gasteiger partial charge in [-0.3, -0.25) is 4.99 Å². The zero-order valence-corrected chi connectivity index (χ0v) is 12.2. The predicted molar refractivity (Wildman–Crippen MR) is 73.3 cm³/mol. The summed E-state index contributed by atoms with van der Waals surface area (Å²) in [6.45, 7) is 12.8. The Morgan fingerprint density at radius 1 is 1.36 bits per heavy atom. The summed E-state index contributed by atoms with van der Waals surface area (Å²) in [5.41, 5.74) is 0. The minimum Gasteiger partial charge on any atom is -0.297 e. The van der Waals surface area contributed by atoms with Gasteiger partial charge in [0.1, 0.15) is 7.22 Å². The fourth-order valence-corrected chi connectivity index (χ4v) is 6.51. The Kier molecular flexibility index (Phi) is 7.65. The quantitative estimate of drug-likeness (QED) is 0.363. The number of unbranched alkanes of at least 4 members (excludes halogenated alkanes) is 1. The summed E-state index contributed by atoms with van der Waals surface area (Å²) in [4.78, 5) is 4.41. The summed E-state index contributed by atoms with van der Waals surface area (Å²) >= 11 is 2.17. The monoisotopic (exact) mass is 231 g/mol. The van der Waals surface area contributed by atoms with Crippen LogP contribution in [0.2, 0.25) is 19.6 Å². The van der Waals surface area contributed by atoms with Gasteiger partial charge in [0.2, 0.25) is 0 Å². The summed E-state index contributed by atoms with van der Waals surface area (Å²) < 4.78 is 0. The predicted octanol–water partition coefficient (Wildman–Crippen LogP) is 4.20. The van der Waals surface area contributed by atoms with Crippen molar-refractivity contribution in [3.63, 3.8) is 0 Å². The molecule has 3 heteroatoms. The van der Waals surface area contributed by atoms with Gasteiger partial charge < -0.3 is 0 Å². The normalized spacial score (nSPS) is 14.9. The number of nitrogens with zero attached hydrogens (tertiary/aromatic N) is 1. The van der Waals surface area contributed by atoms with Gasteiger partial charge >= 0.3 is 0 Å². The van der Waals surface area contributed by atoms with E-state index in [1.807, 2.05) is 0 Å². The molecule has 84 valence electrons. The summed E-state index contributed by atoms with van der Waals surface area (Å²) in [5.74, 6) is 0. The average Bonchev–Trinajstić information content (AvgIpc) is 2.00. The van der Waals surface area contributed by atoms with Crippen molar-refractivity contribution in [2.45, 2.75) is 58.0 Å². The van der Waals surface area contributed by atoms with Crippen molar-refractivity contribution < 1.29 is 0 Å². The third-order valence-corrected chi connectivity index (χ3v) is 6.39. The van der Waals surface area contributed by atoms with Crippen LogP contribution in [0, 0.1) is 0 Å². The van der Waals surface area contributed by atoms with Gasteiger partial charge in [0.25, 0.3) is 0 Å². The average molecular weight is 231 g/mol. The van der Waals surface area contributed by atoms with E-state index < -0.39 is 7.22 Å². The van der Waals surface area contributed by atoms with Crippen molar-refractivity contribution in [2.24, 2.45) is 4.99 Å². The molecule has 0 spiro atoms. The van der Waals surface area contributed by atoms with E-state index in [1.165, 1.54) is 12.8 Å². The van der Waals surface area contributed by atoms with E-state index >= 15 is 0 Å². The molecule has 0 aliphatic heterocycles. The third kappa shape index (κ3) is 10.3. The molecule has 0 saturated carbocycles. The smallest absolute Gasteiger partial charge is 0.108 e. The maximum absolute atomic E-state index is 4.41. The van der Waals surface area contributed by atoms with E-state index in [1.54, 1.807) is 0 Å². The molecule has 0 rings (SSSR count). The highest BCUT2D eigenvalue weighted by Crippen LogP contribution is 2.25. The van der Waals surface area contributed by atoms with Crippen LogP contribution in [0.5, 0.6) is 0 Å². The van der Waals surface area contributed by atoms with Crippen molar-refractivity contribution in [2.75, 3.05) is 6.54 Å². The molecule has 0 radical (unpaired) electrons. The lowest BCUT2D eigenvalue weighted by Crippen LogP contribution is -2.18. The molecule has 0 aliphatic rings. The minimum absolute atomic E-state index is 0.743. The van der Waals surface area contributed by atoms with Crippen LogP contribution in [-0.4, -0.2) is 25.2 Å². The van der Waals surface area contributed by atoms with Gasteiger partial charge in [0.15, 0.2) is 0 Å². The first-order chi connectivity index (χ1) is 6.45. The lowest BCUT2D eigenvalue weighted by Gasteiger charge is -2.19. The van der Waals surface area contributed by atoms with Crippen LogP contribution in [-0.2, 0) is 0 Å². The van der Waals surface area contributed by atoms with Crippen LogP contribution >= 0.6 is 11.2 Å². The molecule has 0 aliphatic carbocycles. The Balaban J connectivity index is 3.53. The number of rotatable bonds is 7. The molecular weight excluding hydrogens is 206 g/mol. The summed E-state index contributed by atoms with van der Waals surface area (Å²) in [6, 6.07) is 0. The fourth-order valence-electron chi connectivity index (χ4n) is 1.22. The molecule has 0 heterocycles. The highest BCUT2D eigenvalue weighted by molar-refractivity contribution is 8.29. The van der Waals surface area contributed by atoms with E-state index in [2.05, 4.69) is 55.9 Å². The van der Waals surface area contributed by atoms with Gasteiger partial charge in [-0.2, -0.15) is 11.2 Å². The highest BCUT2D eigenvalue weighted by atomic mass is 32.4. The van der Waals surface area contributed by atoms with Crippen molar-refractivity contribution >= 4 is 24.6 Å². The molecule has 0 amide bonds. The zero-order chi connectivity index (χ0) is 11.0. The maximum Gasteiger partial charge on any atom is 0.108 e. The number of aliphatic imine (C=N–C) groups is 1. The molecule has 1 nitrogen and oxygen atoms in total. The van der Waals surface area contributed by atoms with E-state index in [0.29, 0.717) is 0 Å². The zero-order valence-electron chi connectivity index (χ0n) is 10.3. The lowest BCUT2D eigenvalue weighted by atomic mass is 10.3. The molecule has 0 aromatic rings. The van der Waals surface area contributed by atoms with Gasteiger partial charge in [-0.25, -0.2) is 0 Å². The van der Waals surface area contributed by atoms with Crippen LogP contribution in [0.4, 0.5) is 0 Å². The molecule has 14 heavy (non-hydrogen) atoms. The van der Waals surface area contributed by atoms with Crippen molar-refractivity contribution in [1.82, 2.24) is 0 Å². The first kappa shape index (κ1) is 14.2. The van der Waals surface area contributed by atoms with Crippen molar-refractivity contribution in [3.05, 3.63) is 0 Å². The molecule has 0 bridgehead atoms. The molecule has 1 atom stereocenters. The number of hydrogen-bond donors (Lipinski definition) is 0. The van der Waals surface area contributed by atoms with Crippen LogP contribution in [0.25, 0.3) is 0 Å². The van der Waals surface area contributed by atoms with Crippen LogP contribution < -0.4 is 0 Å². The van der Waals surface area contributed by atoms with Gasteiger partial charge in [0.05, 0.1) is 0 Å². The highest BCUT2D eigenvalue weighted by Gasteiger charge is 2.16. The van der Waals surface area contributed by atoms with Gasteiger partial charge in [-0.15, -0.1) is 0 Å². The second-order valence-electron chi connectivity index (χ2n) is 4.72. The van der Waals surface area contributed by atoms with Crippen molar-refractivity contribution in [3.8, 4) is 0 Å². The fraction of sp³-hybridized carbons (Fsp3) is 0.909. The van der Waals surface area contributed by atoms with Gasteiger partial charge in [-0.05, 0) is 19.1 Å². The second-order valence-corrected chi connectivity index (χ2v) is 14.4. The van der Waals surface area contributed by atoms with E-state index in [9.17, 15) is 0 Å². The van der Waals surface area contributed by atoms with E-state index in [0.717, 1.165) is 18.2 Å². The Hall–Kier alpha value is 0.237. The van der Waals surface area contributed by atoms with Crippen LogP contribution in [0.3, 0.4) is 0 Å². The summed E-state index contributed by atoms with van der Waals surface area (Å²) in [6.07, 6.45) is 5.73. The van der Waals surface area contributed by atoms with Crippen LogP contribution in [0.15, 0.2) is 4.99 Å². The standard InChI is InChI=1S/C11H25NSSi/c1-6-7-9-12-10-8-11(2)13-14(3,4)5/h10-11H,6-9H2,1-5H3/b12-10-. The Bertz CT molecular complexity index is 163. The first-order valence-corrected chi connectivity index (χ1v) is 10.7. The lowest BCUT2D eigenvalue weighted by molar-refractivity contribution is 0.807.